The van der Waals surface area contributed by atoms with E-state index in [0.717, 1.165) is 0 Å². The first-order valence-corrected chi connectivity index (χ1v) is 6.10. The first kappa shape index (κ1) is 13.1. The number of carbonyl (C=O) groups excluding carboxylic acids is 2. The molecule has 0 saturated heterocycles. The van der Waals surface area contributed by atoms with E-state index in [2.05, 4.69) is 0 Å². The molecule has 0 aliphatic carbocycles. The predicted octanol–water partition coefficient (Wildman–Crippen LogP) is 1.92. The minimum atomic E-state index is -0.617. The molecule has 1 aliphatic heterocycles. The van der Waals surface area contributed by atoms with Gasteiger partial charge in [0.2, 0.25) is 0 Å². The highest BCUT2D eigenvalue weighted by Crippen LogP contribution is 2.34. The van der Waals surface area contributed by atoms with Crippen molar-refractivity contribution in [2.24, 2.45) is 0 Å². The number of benzene rings is 1. The van der Waals surface area contributed by atoms with Crippen molar-refractivity contribution in [3.63, 3.8) is 0 Å². The summed E-state index contributed by atoms with van der Waals surface area (Å²) in [7, 11) is 0. The van der Waals surface area contributed by atoms with Gasteiger partial charge in [-0.25, -0.2) is 0 Å². The number of hydrogen-bond acceptors (Lipinski definition) is 4. The molecule has 0 bridgehead atoms. The Bertz CT molecular complexity index is 575. The molecule has 1 aromatic carbocycles. The van der Waals surface area contributed by atoms with Crippen molar-refractivity contribution in [2.75, 3.05) is 11.4 Å². The number of nitrogens with zero attached hydrogens (tertiary/aromatic N) is 2. The number of ketones is 1. The van der Waals surface area contributed by atoms with Crippen LogP contribution in [0, 0.1) is 11.3 Å². The average Bonchev–Trinajstić information content (AvgIpc) is 2.42. The van der Waals surface area contributed by atoms with E-state index in [9.17, 15) is 9.59 Å². The van der Waals surface area contributed by atoms with Crippen LogP contribution < -0.4 is 9.64 Å². The van der Waals surface area contributed by atoms with Crippen molar-refractivity contribution in [3.05, 3.63) is 23.8 Å². The number of hydrogen-bond donors (Lipinski definition) is 0. The molecular formula is C14H14N2O3. The van der Waals surface area contributed by atoms with Crippen molar-refractivity contribution in [2.45, 2.75) is 26.4 Å². The largest absolute Gasteiger partial charge is 0.479 e. The van der Waals surface area contributed by atoms with Crippen molar-refractivity contribution in [1.29, 1.82) is 5.26 Å². The highest BCUT2D eigenvalue weighted by molar-refractivity contribution is 6.03. The second-order valence-electron chi connectivity index (χ2n) is 4.30. The number of amides is 1. The highest BCUT2D eigenvalue weighted by Gasteiger charge is 2.31. The lowest BCUT2D eigenvalue weighted by Crippen LogP contribution is -2.44. The van der Waals surface area contributed by atoms with Crippen molar-refractivity contribution < 1.29 is 14.3 Å². The summed E-state index contributed by atoms with van der Waals surface area (Å²) in [6.07, 6.45) is -0.226. The molecule has 0 saturated carbocycles. The third-order valence-electron chi connectivity index (χ3n) is 3.04. The number of anilines is 1. The SMILES string of the molecule is CCC(=O)c1ccc2c(c1)N(CC#N)C(=O)C(C)O2. The van der Waals surface area contributed by atoms with Crippen LogP contribution in [0.3, 0.4) is 0 Å². The van der Waals surface area contributed by atoms with E-state index in [1.165, 1.54) is 4.90 Å². The lowest BCUT2D eigenvalue weighted by Gasteiger charge is -2.31. The standard InChI is InChI=1S/C14H14N2O3/c1-3-12(17)10-4-5-13-11(8-10)16(7-6-15)14(18)9(2)19-13/h4-5,8-9H,3,7H2,1-2H3. The summed E-state index contributed by atoms with van der Waals surface area (Å²) in [6, 6.07) is 6.92. The molecule has 1 unspecified atom stereocenters. The maximum Gasteiger partial charge on any atom is 0.268 e. The zero-order valence-electron chi connectivity index (χ0n) is 10.8. The van der Waals surface area contributed by atoms with Crippen molar-refractivity contribution in [3.8, 4) is 11.8 Å². The number of Topliss-reactive ketones (excluding diaryl/α,β-unsaturated/α-hetero) is 1. The Morgan fingerprint density at radius 3 is 2.89 bits per heavy atom. The highest BCUT2D eigenvalue weighted by atomic mass is 16.5. The van der Waals surface area contributed by atoms with Gasteiger partial charge in [0.15, 0.2) is 11.9 Å². The second kappa shape index (κ2) is 5.11. The molecule has 2 rings (SSSR count). The molecule has 0 spiro atoms. The van der Waals surface area contributed by atoms with Gasteiger partial charge in [-0.3, -0.25) is 14.5 Å². The van der Waals surface area contributed by atoms with Gasteiger partial charge in [0, 0.05) is 12.0 Å². The molecule has 5 heteroatoms. The number of rotatable bonds is 3. The molecule has 1 amide bonds. The maximum absolute atomic E-state index is 12.0. The smallest absolute Gasteiger partial charge is 0.268 e. The van der Waals surface area contributed by atoms with Gasteiger partial charge in [-0.15, -0.1) is 0 Å². The lowest BCUT2D eigenvalue weighted by molar-refractivity contribution is -0.125. The van der Waals surface area contributed by atoms with Gasteiger partial charge >= 0.3 is 0 Å². The molecule has 1 aromatic rings. The Kier molecular flexibility index (Phi) is 3.52. The first-order chi connectivity index (χ1) is 9.08. The van der Waals surface area contributed by atoms with Gasteiger partial charge in [-0.1, -0.05) is 6.92 Å². The third-order valence-corrected chi connectivity index (χ3v) is 3.04. The second-order valence-corrected chi connectivity index (χ2v) is 4.30. The van der Waals surface area contributed by atoms with Crippen LogP contribution in [0.15, 0.2) is 18.2 Å². The third kappa shape index (κ3) is 2.29. The first-order valence-electron chi connectivity index (χ1n) is 6.10. The molecule has 1 atom stereocenters. The summed E-state index contributed by atoms with van der Waals surface area (Å²) in [5.41, 5.74) is 1.01. The van der Waals surface area contributed by atoms with Gasteiger partial charge in [0.25, 0.3) is 5.91 Å². The fourth-order valence-electron chi connectivity index (χ4n) is 2.02. The van der Waals surface area contributed by atoms with Crippen LogP contribution in [0.2, 0.25) is 0 Å². The summed E-state index contributed by atoms with van der Waals surface area (Å²) in [4.78, 5) is 25.1. The molecule has 19 heavy (non-hydrogen) atoms. The Hall–Kier alpha value is -2.35. The Morgan fingerprint density at radius 1 is 1.53 bits per heavy atom. The van der Waals surface area contributed by atoms with Crippen molar-refractivity contribution in [1.82, 2.24) is 0 Å². The van der Waals surface area contributed by atoms with E-state index in [-0.39, 0.29) is 18.2 Å². The van der Waals surface area contributed by atoms with Gasteiger partial charge in [-0.2, -0.15) is 5.26 Å². The molecule has 0 aromatic heterocycles. The topological polar surface area (TPSA) is 70.4 Å². The monoisotopic (exact) mass is 258 g/mol. The van der Waals surface area contributed by atoms with Crippen LogP contribution in [-0.4, -0.2) is 24.3 Å². The quantitative estimate of drug-likeness (QED) is 0.613. The number of nitriles is 1. The molecule has 1 aliphatic rings. The summed E-state index contributed by atoms with van der Waals surface area (Å²) < 4.78 is 5.48. The van der Waals surface area contributed by atoms with E-state index < -0.39 is 6.10 Å². The molecule has 1 heterocycles. The van der Waals surface area contributed by atoms with E-state index in [1.807, 2.05) is 6.07 Å². The number of fused-ring (bicyclic) bond motifs is 1. The van der Waals surface area contributed by atoms with E-state index in [1.54, 1.807) is 32.0 Å². The minimum Gasteiger partial charge on any atom is -0.479 e. The average molecular weight is 258 g/mol. The van der Waals surface area contributed by atoms with E-state index >= 15 is 0 Å². The van der Waals surface area contributed by atoms with Crippen LogP contribution in [-0.2, 0) is 4.79 Å². The normalized spacial score (nSPS) is 17.4. The van der Waals surface area contributed by atoms with Gasteiger partial charge in [0.1, 0.15) is 12.3 Å². The molecular weight excluding hydrogens is 244 g/mol. The Labute approximate surface area is 111 Å². The molecule has 0 fully saturated rings. The predicted molar refractivity (Wildman–Crippen MR) is 69.1 cm³/mol. The van der Waals surface area contributed by atoms with Crippen LogP contribution in [0.4, 0.5) is 5.69 Å². The maximum atomic E-state index is 12.0. The summed E-state index contributed by atoms with van der Waals surface area (Å²) >= 11 is 0. The lowest BCUT2D eigenvalue weighted by atomic mass is 10.1. The van der Waals surface area contributed by atoms with Gasteiger partial charge in [0.05, 0.1) is 11.8 Å². The Balaban J connectivity index is 2.49. The van der Waals surface area contributed by atoms with Crippen molar-refractivity contribution >= 4 is 17.4 Å². The molecule has 5 nitrogen and oxygen atoms in total. The fraction of sp³-hybridized carbons (Fsp3) is 0.357. The number of ether oxygens (including phenoxy) is 1. The summed E-state index contributed by atoms with van der Waals surface area (Å²) in [6.45, 7) is 3.36. The van der Waals surface area contributed by atoms with Crippen LogP contribution in [0.25, 0.3) is 0 Å². The fourth-order valence-corrected chi connectivity index (χ4v) is 2.02. The van der Waals surface area contributed by atoms with E-state index in [4.69, 9.17) is 10.00 Å². The molecule has 98 valence electrons. The number of carbonyl (C=O) groups is 2. The van der Waals surface area contributed by atoms with Crippen LogP contribution in [0.1, 0.15) is 30.6 Å². The van der Waals surface area contributed by atoms with Crippen LogP contribution >= 0.6 is 0 Å². The zero-order valence-corrected chi connectivity index (χ0v) is 10.8. The summed E-state index contributed by atoms with van der Waals surface area (Å²) in [5.74, 6) is 0.246. The molecule has 0 N–H and O–H groups in total. The zero-order chi connectivity index (χ0) is 14.0. The van der Waals surface area contributed by atoms with E-state index in [0.29, 0.717) is 23.4 Å². The molecule has 0 radical (unpaired) electrons. The van der Waals surface area contributed by atoms with Gasteiger partial charge < -0.3 is 4.74 Å². The van der Waals surface area contributed by atoms with Crippen LogP contribution in [0.5, 0.6) is 5.75 Å². The Morgan fingerprint density at radius 2 is 2.26 bits per heavy atom. The van der Waals surface area contributed by atoms with Gasteiger partial charge in [-0.05, 0) is 25.1 Å². The summed E-state index contributed by atoms with van der Waals surface area (Å²) in [5, 5.41) is 8.82. The minimum absolute atomic E-state index is 0.00854.